The van der Waals surface area contributed by atoms with Crippen LogP contribution < -0.4 is 10.0 Å². The van der Waals surface area contributed by atoms with E-state index in [0.717, 1.165) is 25.9 Å². The van der Waals surface area contributed by atoms with Gasteiger partial charge in [-0.2, -0.15) is 0 Å². The van der Waals surface area contributed by atoms with Crippen molar-refractivity contribution in [2.75, 3.05) is 13.1 Å². The Morgan fingerprint density at radius 1 is 1.38 bits per heavy atom. The molecule has 6 heteroatoms. The van der Waals surface area contributed by atoms with Gasteiger partial charge < -0.3 is 10.3 Å². The molecule has 0 aliphatic carbocycles. The van der Waals surface area contributed by atoms with Crippen LogP contribution in [-0.4, -0.2) is 32.0 Å². The minimum absolute atomic E-state index is 0.298. The third kappa shape index (κ3) is 2.45. The van der Waals surface area contributed by atoms with E-state index in [4.69, 9.17) is 0 Å². The van der Waals surface area contributed by atoms with Crippen LogP contribution in [0.3, 0.4) is 0 Å². The van der Waals surface area contributed by atoms with Crippen molar-refractivity contribution in [3.63, 3.8) is 0 Å². The lowest BCUT2D eigenvalue weighted by Gasteiger charge is -2.34. The fourth-order valence-electron chi connectivity index (χ4n) is 1.94. The highest BCUT2D eigenvalue weighted by Gasteiger charge is 2.31. The van der Waals surface area contributed by atoms with Crippen molar-refractivity contribution >= 4 is 10.0 Å². The molecular formula is C10H17N3O2S. The molecular weight excluding hydrogens is 226 g/mol. The summed E-state index contributed by atoms with van der Waals surface area (Å²) in [5.74, 6) is 0. The molecule has 0 atom stereocenters. The molecule has 5 nitrogen and oxygen atoms in total. The van der Waals surface area contributed by atoms with Crippen molar-refractivity contribution in [1.82, 2.24) is 15.0 Å². The molecule has 1 fully saturated rings. The van der Waals surface area contributed by atoms with Gasteiger partial charge in [0.1, 0.15) is 0 Å². The molecule has 2 heterocycles. The van der Waals surface area contributed by atoms with Crippen molar-refractivity contribution in [3.05, 3.63) is 18.5 Å². The monoisotopic (exact) mass is 243 g/mol. The van der Waals surface area contributed by atoms with E-state index in [0.29, 0.717) is 4.90 Å². The van der Waals surface area contributed by atoms with Crippen molar-refractivity contribution in [2.45, 2.75) is 30.2 Å². The summed E-state index contributed by atoms with van der Waals surface area (Å²) in [4.78, 5) is 3.05. The molecule has 0 saturated carbocycles. The molecule has 3 N–H and O–H groups in total. The van der Waals surface area contributed by atoms with Crippen LogP contribution in [0, 0.1) is 0 Å². The molecule has 0 bridgehead atoms. The Hall–Kier alpha value is -0.850. The highest BCUT2D eigenvalue weighted by atomic mass is 32.2. The number of sulfonamides is 1. The molecule has 1 saturated heterocycles. The van der Waals surface area contributed by atoms with Gasteiger partial charge in [-0.3, -0.25) is 0 Å². The van der Waals surface area contributed by atoms with E-state index >= 15 is 0 Å². The summed E-state index contributed by atoms with van der Waals surface area (Å²) < 4.78 is 26.8. The van der Waals surface area contributed by atoms with Gasteiger partial charge in [-0.15, -0.1) is 0 Å². The topological polar surface area (TPSA) is 74.0 Å². The second-order valence-electron chi connectivity index (χ2n) is 4.46. The van der Waals surface area contributed by atoms with Crippen molar-refractivity contribution < 1.29 is 8.42 Å². The molecule has 1 aromatic heterocycles. The standard InChI is InChI=1S/C10H17N3O2S/c1-10(3-6-11-7-4-10)13-16(14,15)9-2-5-12-8-9/h2,5,8,11-13H,3-4,6-7H2,1H3. The summed E-state index contributed by atoms with van der Waals surface area (Å²) in [6.07, 6.45) is 4.74. The Balaban J connectivity index is 2.14. The second kappa shape index (κ2) is 4.20. The summed E-state index contributed by atoms with van der Waals surface area (Å²) in [7, 11) is -3.38. The minimum Gasteiger partial charge on any atom is -0.366 e. The number of hydrogen-bond donors (Lipinski definition) is 3. The predicted octanol–water partition coefficient (Wildman–Crippen LogP) is 0.435. The number of aromatic nitrogens is 1. The van der Waals surface area contributed by atoms with E-state index in [1.165, 1.54) is 6.20 Å². The summed E-state index contributed by atoms with van der Waals surface area (Å²) in [5.41, 5.74) is -0.332. The van der Waals surface area contributed by atoms with E-state index in [1.807, 2.05) is 6.92 Å². The first-order valence-electron chi connectivity index (χ1n) is 5.39. The van der Waals surface area contributed by atoms with Crippen LogP contribution in [0.5, 0.6) is 0 Å². The summed E-state index contributed by atoms with van der Waals surface area (Å²) in [6.45, 7) is 3.66. The van der Waals surface area contributed by atoms with E-state index in [9.17, 15) is 8.42 Å². The Morgan fingerprint density at radius 2 is 2.06 bits per heavy atom. The largest absolute Gasteiger partial charge is 0.366 e. The quantitative estimate of drug-likeness (QED) is 0.721. The minimum atomic E-state index is -3.38. The van der Waals surface area contributed by atoms with Crippen LogP contribution in [0.1, 0.15) is 19.8 Å². The number of aromatic amines is 1. The van der Waals surface area contributed by atoms with E-state index in [-0.39, 0.29) is 5.54 Å². The number of rotatable bonds is 3. The van der Waals surface area contributed by atoms with Crippen LogP contribution in [-0.2, 0) is 10.0 Å². The highest BCUT2D eigenvalue weighted by Crippen LogP contribution is 2.20. The third-order valence-electron chi connectivity index (χ3n) is 2.97. The van der Waals surface area contributed by atoms with Crippen molar-refractivity contribution in [3.8, 4) is 0 Å². The summed E-state index contributed by atoms with van der Waals surface area (Å²) >= 11 is 0. The summed E-state index contributed by atoms with van der Waals surface area (Å²) in [6, 6.07) is 1.56. The zero-order valence-corrected chi connectivity index (χ0v) is 10.1. The van der Waals surface area contributed by atoms with Crippen LogP contribution in [0.15, 0.2) is 23.4 Å². The maximum atomic E-state index is 12.0. The Bertz CT molecular complexity index is 433. The average molecular weight is 243 g/mol. The Kier molecular flexibility index (Phi) is 3.05. The molecule has 90 valence electrons. The zero-order valence-electron chi connectivity index (χ0n) is 9.29. The second-order valence-corrected chi connectivity index (χ2v) is 6.15. The fraction of sp³-hybridized carbons (Fsp3) is 0.600. The van der Waals surface area contributed by atoms with Gasteiger partial charge in [0.15, 0.2) is 0 Å². The normalized spacial score (nSPS) is 20.8. The highest BCUT2D eigenvalue weighted by molar-refractivity contribution is 7.89. The van der Waals surface area contributed by atoms with Crippen molar-refractivity contribution in [2.24, 2.45) is 0 Å². The van der Waals surface area contributed by atoms with E-state index in [1.54, 1.807) is 12.3 Å². The maximum Gasteiger partial charge on any atom is 0.242 e. The molecule has 0 spiro atoms. The maximum absolute atomic E-state index is 12.0. The zero-order chi connectivity index (χ0) is 11.6. The Morgan fingerprint density at radius 3 is 2.62 bits per heavy atom. The van der Waals surface area contributed by atoms with Crippen LogP contribution in [0.25, 0.3) is 0 Å². The van der Waals surface area contributed by atoms with Crippen LogP contribution >= 0.6 is 0 Å². The average Bonchev–Trinajstić information content (AvgIpc) is 2.70. The van der Waals surface area contributed by atoms with Crippen molar-refractivity contribution in [1.29, 1.82) is 0 Å². The third-order valence-corrected chi connectivity index (χ3v) is 4.60. The summed E-state index contributed by atoms with van der Waals surface area (Å²) in [5, 5.41) is 3.22. The van der Waals surface area contributed by atoms with Crippen LogP contribution in [0.2, 0.25) is 0 Å². The molecule has 0 unspecified atom stereocenters. The molecule has 1 aromatic rings. The van der Waals surface area contributed by atoms with Gasteiger partial charge in [-0.05, 0) is 38.9 Å². The van der Waals surface area contributed by atoms with E-state index in [2.05, 4.69) is 15.0 Å². The van der Waals surface area contributed by atoms with Crippen LogP contribution in [0.4, 0.5) is 0 Å². The van der Waals surface area contributed by atoms with Gasteiger partial charge in [0.25, 0.3) is 0 Å². The molecule has 16 heavy (non-hydrogen) atoms. The SMILES string of the molecule is CC1(NS(=O)(=O)c2cc[nH]c2)CCNCC1. The number of H-pyrrole nitrogens is 1. The first kappa shape index (κ1) is 11.6. The van der Waals surface area contributed by atoms with Gasteiger partial charge in [0, 0.05) is 17.9 Å². The van der Waals surface area contributed by atoms with Gasteiger partial charge in [-0.1, -0.05) is 0 Å². The predicted molar refractivity (Wildman–Crippen MR) is 61.6 cm³/mol. The number of hydrogen-bond acceptors (Lipinski definition) is 3. The number of nitrogens with one attached hydrogen (secondary N) is 3. The smallest absolute Gasteiger partial charge is 0.242 e. The lowest BCUT2D eigenvalue weighted by atomic mass is 9.92. The van der Waals surface area contributed by atoms with E-state index < -0.39 is 10.0 Å². The molecule has 1 aliphatic rings. The Labute approximate surface area is 95.7 Å². The molecule has 2 rings (SSSR count). The van der Waals surface area contributed by atoms with Gasteiger partial charge in [0.2, 0.25) is 10.0 Å². The van der Waals surface area contributed by atoms with Gasteiger partial charge in [0.05, 0.1) is 4.90 Å². The molecule has 0 amide bonds. The number of piperidine rings is 1. The fourth-order valence-corrected chi connectivity index (χ4v) is 3.38. The molecule has 1 aliphatic heterocycles. The molecule has 0 aromatic carbocycles. The first-order chi connectivity index (χ1) is 7.52. The molecule has 0 radical (unpaired) electrons. The first-order valence-corrected chi connectivity index (χ1v) is 6.88. The lowest BCUT2D eigenvalue weighted by molar-refractivity contribution is 0.308. The van der Waals surface area contributed by atoms with Gasteiger partial charge >= 0.3 is 0 Å². The van der Waals surface area contributed by atoms with Gasteiger partial charge in [-0.25, -0.2) is 13.1 Å². The lowest BCUT2D eigenvalue weighted by Crippen LogP contribution is -2.52.